The lowest BCUT2D eigenvalue weighted by Gasteiger charge is -2.11. The monoisotopic (exact) mass is 371 g/mol. The Bertz CT molecular complexity index is 1340. The van der Waals surface area contributed by atoms with Gasteiger partial charge in [-0.2, -0.15) is 4.57 Å². The third-order valence-corrected chi connectivity index (χ3v) is 5.22. The number of rotatable bonds is 3. The van der Waals surface area contributed by atoms with Crippen molar-refractivity contribution in [3.05, 3.63) is 70.7 Å². The van der Waals surface area contributed by atoms with E-state index in [1.807, 2.05) is 59.0 Å². The summed E-state index contributed by atoms with van der Waals surface area (Å²) in [4.78, 5) is 3.51. The van der Waals surface area contributed by atoms with Crippen LogP contribution in [-0.4, -0.2) is 0 Å². The number of aryl methyl sites for hydroxylation is 2. The molecule has 0 amide bonds. The zero-order valence-corrected chi connectivity index (χ0v) is 16.9. The van der Waals surface area contributed by atoms with Gasteiger partial charge in [-0.3, -0.25) is 0 Å². The molecule has 2 aromatic carbocycles. The highest BCUT2D eigenvalue weighted by molar-refractivity contribution is 6.10. The van der Waals surface area contributed by atoms with E-state index in [1.54, 1.807) is 6.07 Å². The van der Waals surface area contributed by atoms with Gasteiger partial charge in [0.05, 0.1) is 12.1 Å². The molecule has 28 heavy (non-hydrogen) atoms. The van der Waals surface area contributed by atoms with Crippen molar-refractivity contribution in [3.8, 4) is 11.3 Å². The van der Waals surface area contributed by atoms with E-state index in [0.29, 0.717) is 16.8 Å². The highest BCUT2D eigenvalue weighted by atomic mass is 16.3. The minimum absolute atomic E-state index is 0.146. The average molecular weight is 372 g/mol. The Morgan fingerprint density at radius 3 is 2.57 bits per heavy atom. The third kappa shape index (κ3) is 2.96. The van der Waals surface area contributed by atoms with Crippen LogP contribution in [0.5, 0.6) is 0 Å². The maximum Gasteiger partial charge on any atom is 0.216 e. The smallest absolute Gasteiger partial charge is 0.216 e. The molecule has 3 heteroatoms. The van der Waals surface area contributed by atoms with Crippen LogP contribution >= 0.6 is 0 Å². The maximum atomic E-state index is 8.60. The lowest BCUT2D eigenvalue weighted by molar-refractivity contribution is -0.666. The van der Waals surface area contributed by atoms with Crippen LogP contribution in [-0.2, 0) is 13.4 Å². The summed E-state index contributed by atoms with van der Waals surface area (Å²) in [5, 5.41) is 1.98. The molecule has 0 radical (unpaired) electrons. The molecule has 0 fully saturated rings. The van der Waals surface area contributed by atoms with Gasteiger partial charge >= 0.3 is 0 Å². The minimum atomic E-state index is -1.44. The predicted molar refractivity (Wildman–Crippen MR) is 115 cm³/mol. The normalized spacial score (nSPS) is 13.0. The second kappa shape index (κ2) is 6.80. The van der Waals surface area contributed by atoms with Crippen molar-refractivity contribution in [2.45, 2.75) is 34.1 Å². The van der Waals surface area contributed by atoms with Crippen LogP contribution in [0.25, 0.3) is 38.0 Å². The Morgan fingerprint density at radius 2 is 1.86 bits per heavy atom. The van der Waals surface area contributed by atoms with Gasteiger partial charge in [0, 0.05) is 32.6 Å². The Labute approximate surface area is 168 Å². The van der Waals surface area contributed by atoms with Crippen molar-refractivity contribution in [1.82, 2.24) is 0 Å². The van der Waals surface area contributed by atoms with Crippen molar-refractivity contribution in [2.75, 3.05) is 0 Å². The summed E-state index contributed by atoms with van der Waals surface area (Å²) in [6, 6.07) is 13.5. The van der Waals surface area contributed by atoms with E-state index >= 15 is 0 Å². The summed E-state index contributed by atoms with van der Waals surface area (Å²) < 4.78 is 25.6. The van der Waals surface area contributed by atoms with E-state index in [1.165, 1.54) is 0 Å². The molecule has 2 aromatic heterocycles. The molecule has 0 unspecified atom stereocenters. The average Bonchev–Trinajstić information content (AvgIpc) is 3.07. The number of pyridine rings is 1. The fourth-order valence-corrected chi connectivity index (χ4v) is 3.77. The molecule has 4 rings (SSSR count). The highest BCUT2D eigenvalue weighted by Crippen LogP contribution is 2.38. The van der Waals surface area contributed by atoms with Crippen LogP contribution < -0.4 is 4.57 Å². The molecule has 2 heterocycles. The van der Waals surface area contributed by atoms with E-state index in [-0.39, 0.29) is 5.92 Å². The van der Waals surface area contributed by atoms with Crippen LogP contribution in [0.15, 0.2) is 46.9 Å². The second-order valence-corrected chi connectivity index (χ2v) is 7.66. The predicted octanol–water partition coefficient (Wildman–Crippen LogP) is 6.44. The first-order valence-corrected chi connectivity index (χ1v) is 9.50. The van der Waals surface area contributed by atoms with Crippen LogP contribution in [0, 0.1) is 26.3 Å². The molecule has 3 nitrogen and oxygen atoms in total. The summed E-state index contributed by atoms with van der Waals surface area (Å²) in [7, 11) is 2.00. The van der Waals surface area contributed by atoms with Gasteiger partial charge in [-0.1, -0.05) is 38.1 Å². The lowest BCUT2D eigenvalue weighted by atomic mass is 9.96. The zero-order valence-electron chi connectivity index (χ0n) is 18.9. The summed E-state index contributed by atoms with van der Waals surface area (Å²) >= 11 is 0. The number of nitrogens with zero attached hydrogens (tertiary/aromatic N) is 2. The first-order valence-electron chi connectivity index (χ1n) is 10.5. The summed E-state index contributed by atoms with van der Waals surface area (Å²) in [6.45, 7) is 15.1. The molecule has 0 aliphatic carbocycles. The Morgan fingerprint density at radius 1 is 1.11 bits per heavy atom. The summed E-state index contributed by atoms with van der Waals surface area (Å²) in [5.74, 6) is -0.146. The fourth-order valence-electron chi connectivity index (χ4n) is 3.77. The number of benzene rings is 2. The first-order chi connectivity index (χ1) is 14.1. The molecule has 0 spiro atoms. The molecule has 4 aromatic rings. The molecule has 0 aliphatic heterocycles. The molecule has 0 saturated carbocycles. The van der Waals surface area contributed by atoms with Gasteiger partial charge in [-0.25, -0.2) is 4.85 Å². The molecule has 0 saturated heterocycles. The molecule has 0 bridgehead atoms. The maximum absolute atomic E-state index is 8.60. The van der Waals surface area contributed by atoms with Gasteiger partial charge in [-0.15, -0.1) is 0 Å². The number of fused-ring (bicyclic) bond motifs is 3. The van der Waals surface area contributed by atoms with E-state index in [4.69, 9.17) is 13.7 Å². The van der Waals surface area contributed by atoms with Gasteiger partial charge in [0.2, 0.25) is 5.69 Å². The number of furan rings is 1. The number of aromatic nitrogens is 1. The Hall–Kier alpha value is -3.12. The van der Waals surface area contributed by atoms with Gasteiger partial charge in [0.1, 0.15) is 18.2 Å². The standard InChI is InChI=1S/C25H25N2O/c1-15(2)11-18-12-17(4)27(6)22(13-18)24-16(3)7-9-21-20-10-8-19(26-5)14-23(20)28-25(21)24/h7-10,12-15H,11H2,1-4,6H3/q+1/i11D2. The topological polar surface area (TPSA) is 21.4 Å². The summed E-state index contributed by atoms with van der Waals surface area (Å²) in [6.07, 6.45) is -1.44. The van der Waals surface area contributed by atoms with Crippen molar-refractivity contribution in [2.24, 2.45) is 13.0 Å². The minimum Gasteiger partial charge on any atom is -0.456 e. The molecular weight excluding hydrogens is 344 g/mol. The third-order valence-electron chi connectivity index (χ3n) is 5.22. The van der Waals surface area contributed by atoms with E-state index < -0.39 is 6.37 Å². The van der Waals surface area contributed by atoms with Crippen molar-refractivity contribution in [1.29, 1.82) is 0 Å². The SMILES string of the molecule is [2H]C([2H])(c1cc(C)[n+](C)c(-c2c(C)ccc3c2oc2cc([N+]#[C-])ccc23)c1)C(C)C. The van der Waals surface area contributed by atoms with Gasteiger partial charge in [0.25, 0.3) is 0 Å². The van der Waals surface area contributed by atoms with Crippen LogP contribution in [0.3, 0.4) is 0 Å². The second-order valence-electron chi connectivity index (χ2n) is 7.66. The van der Waals surface area contributed by atoms with Gasteiger partial charge in [-0.05, 0) is 36.4 Å². The largest absolute Gasteiger partial charge is 0.456 e. The molecule has 0 N–H and O–H groups in total. The molecule has 140 valence electrons. The van der Waals surface area contributed by atoms with Crippen molar-refractivity contribution >= 4 is 27.6 Å². The van der Waals surface area contributed by atoms with Crippen molar-refractivity contribution < 1.29 is 11.7 Å². The van der Waals surface area contributed by atoms with E-state index in [9.17, 15) is 0 Å². The van der Waals surface area contributed by atoms with E-state index in [0.717, 1.165) is 38.9 Å². The van der Waals surface area contributed by atoms with Gasteiger partial charge < -0.3 is 4.42 Å². The molecule has 0 aliphatic rings. The van der Waals surface area contributed by atoms with E-state index in [2.05, 4.69) is 21.5 Å². The van der Waals surface area contributed by atoms with Gasteiger partial charge in [0.15, 0.2) is 11.4 Å². The fraction of sp³-hybridized carbons (Fsp3) is 0.280. The highest BCUT2D eigenvalue weighted by Gasteiger charge is 2.22. The molecule has 0 atom stereocenters. The van der Waals surface area contributed by atoms with Crippen LogP contribution in [0.1, 0.15) is 33.4 Å². The van der Waals surface area contributed by atoms with Crippen molar-refractivity contribution in [3.63, 3.8) is 0 Å². The Balaban J connectivity index is 2.08. The lowest BCUT2D eigenvalue weighted by Crippen LogP contribution is -2.35. The zero-order chi connectivity index (χ0) is 21.8. The number of hydrogen-bond donors (Lipinski definition) is 0. The quantitative estimate of drug-likeness (QED) is 0.300. The molecular formula is C25H25N2O+. The first kappa shape index (κ1) is 15.9. The number of hydrogen-bond acceptors (Lipinski definition) is 1. The van der Waals surface area contributed by atoms with Crippen LogP contribution in [0.2, 0.25) is 0 Å². The Kier molecular flexibility index (Phi) is 3.86. The summed E-state index contributed by atoms with van der Waals surface area (Å²) in [5.41, 5.74) is 6.60. The van der Waals surface area contributed by atoms with Crippen LogP contribution in [0.4, 0.5) is 5.69 Å².